The number of alkyl halides is 1. The zero-order valence-electron chi connectivity index (χ0n) is 6.13. The molecule has 0 saturated heterocycles. The molecular formula is C3H9CaClO2. The van der Waals surface area contributed by atoms with Gasteiger partial charge in [0, 0.05) is 0 Å². The van der Waals surface area contributed by atoms with Crippen LogP contribution in [-0.2, 0) is 0 Å². The monoisotopic (exact) mass is 152 g/mol. The van der Waals surface area contributed by atoms with Gasteiger partial charge in [0.2, 0.25) is 0 Å². The van der Waals surface area contributed by atoms with Crippen LogP contribution in [0.5, 0.6) is 0 Å². The first-order valence-electron chi connectivity index (χ1n) is 1.65. The Labute approximate surface area is 80.4 Å². The largest absolute Gasteiger partial charge is 2.00 e. The Morgan fingerprint density at radius 2 is 1.71 bits per heavy atom. The van der Waals surface area contributed by atoms with Crippen LogP contribution in [0.3, 0.4) is 0 Å². The van der Waals surface area contributed by atoms with Crippen molar-refractivity contribution in [3.63, 3.8) is 0 Å². The van der Waals surface area contributed by atoms with E-state index in [1.54, 1.807) is 0 Å². The molecule has 4 heteroatoms. The molecule has 0 saturated carbocycles. The van der Waals surface area contributed by atoms with E-state index < -0.39 is 11.7 Å². The van der Waals surface area contributed by atoms with Gasteiger partial charge >= 0.3 is 37.7 Å². The van der Waals surface area contributed by atoms with Gasteiger partial charge in [-0.3, -0.25) is 0 Å². The Morgan fingerprint density at radius 3 is 1.71 bits per heavy atom. The number of aliphatic hydroxyl groups is 2. The Bertz CT molecular complexity index is 40.8. The topological polar surface area (TPSA) is 40.5 Å². The minimum atomic E-state index is -1.12. The molecule has 0 amide bonds. The number of halogens is 1. The molecule has 0 rings (SSSR count). The average Bonchev–Trinajstić information content (AvgIpc) is 1.36. The minimum absolute atomic E-state index is 0. The quantitative estimate of drug-likeness (QED) is 0.403. The van der Waals surface area contributed by atoms with Crippen molar-refractivity contribution in [1.29, 1.82) is 0 Å². The van der Waals surface area contributed by atoms with Gasteiger partial charge < -0.3 is 13.1 Å². The number of aliphatic hydroxyl groups excluding tert-OH is 2. The van der Waals surface area contributed by atoms with Crippen LogP contribution in [0.25, 0.3) is 0 Å². The van der Waals surface area contributed by atoms with E-state index in [1.165, 1.54) is 6.92 Å². The molecule has 0 heterocycles. The maximum absolute atomic E-state index is 8.25. The Hall–Kier alpha value is 1.47. The second-order valence-electron chi connectivity index (χ2n) is 1.11. The minimum Gasteiger partial charge on any atom is -1.00 e. The zero-order valence-corrected chi connectivity index (χ0v) is 7.10. The van der Waals surface area contributed by atoms with E-state index in [0.717, 1.165) is 0 Å². The molecule has 42 valence electrons. The number of hydrogen-bond donors (Lipinski definition) is 2. The maximum Gasteiger partial charge on any atom is 2.00 e. The summed E-state index contributed by atoms with van der Waals surface area (Å²) in [4.78, 5) is 0. The van der Waals surface area contributed by atoms with Crippen LogP contribution in [0.2, 0.25) is 0 Å². The third-order valence-electron chi connectivity index (χ3n) is 0.398. The van der Waals surface area contributed by atoms with E-state index in [1.807, 2.05) is 0 Å². The number of rotatable bonds is 1. The van der Waals surface area contributed by atoms with Crippen molar-refractivity contribution >= 4 is 49.3 Å². The molecule has 2 atom stereocenters. The van der Waals surface area contributed by atoms with Crippen LogP contribution in [0.15, 0.2) is 0 Å². The van der Waals surface area contributed by atoms with Gasteiger partial charge in [-0.25, -0.2) is 0 Å². The maximum atomic E-state index is 8.25. The van der Waals surface area contributed by atoms with Gasteiger partial charge in [-0.2, -0.15) is 0 Å². The summed E-state index contributed by atoms with van der Waals surface area (Å²) < 4.78 is 0. The summed E-state index contributed by atoms with van der Waals surface area (Å²) in [5.74, 6) is 0. The summed E-state index contributed by atoms with van der Waals surface area (Å²) in [5, 5.41) is 16.4. The molecule has 0 aromatic carbocycles. The first-order valence-corrected chi connectivity index (χ1v) is 2.08. The van der Waals surface area contributed by atoms with Gasteiger partial charge in [-0.1, -0.05) is 11.6 Å². The third-order valence-corrected chi connectivity index (χ3v) is 0.763. The Kier molecular flexibility index (Phi) is 9.04. The second kappa shape index (κ2) is 5.60. The van der Waals surface area contributed by atoms with Crippen molar-refractivity contribution < 1.29 is 13.1 Å². The van der Waals surface area contributed by atoms with E-state index in [4.69, 9.17) is 21.8 Å². The predicted molar refractivity (Wildman–Crippen MR) is 31.5 cm³/mol. The standard InChI is InChI=1S/C3H7ClO2.Ca.2H/c1-2(5)3(4)6;;;/h2-3,5-6H,1H3;;;/q;+2;2*-1. The summed E-state index contributed by atoms with van der Waals surface area (Å²) in [6.07, 6.45) is -0.827. The molecule has 0 aromatic rings. The van der Waals surface area contributed by atoms with Gasteiger partial charge in [0.25, 0.3) is 0 Å². The van der Waals surface area contributed by atoms with Crippen LogP contribution in [0, 0.1) is 0 Å². The van der Waals surface area contributed by atoms with Gasteiger partial charge in [-0.15, -0.1) is 0 Å². The number of hydrogen-bond acceptors (Lipinski definition) is 2. The van der Waals surface area contributed by atoms with Crippen molar-refractivity contribution in [2.24, 2.45) is 0 Å². The molecule has 0 aliphatic heterocycles. The van der Waals surface area contributed by atoms with Crippen molar-refractivity contribution in [2.45, 2.75) is 18.6 Å². The molecule has 2 nitrogen and oxygen atoms in total. The van der Waals surface area contributed by atoms with Gasteiger partial charge in [0.1, 0.15) is 0 Å². The van der Waals surface area contributed by atoms with Crippen molar-refractivity contribution in [1.82, 2.24) is 0 Å². The van der Waals surface area contributed by atoms with E-state index in [9.17, 15) is 0 Å². The molecule has 7 heavy (non-hydrogen) atoms. The first kappa shape index (κ1) is 11.3. The molecule has 0 aliphatic carbocycles. The molecule has 0 radical (unpaired) electrons. The first-order chi connectivity index (χ1) is 2.64. The average molecular weight is 153 g/mol. The summed E-state index contributed by atoms with van der Waals surface area (Å²) >= 11 is 4.92. The molecule has 0 spiro atoms. The smallest absolute Gasteiger partial charge is 1.00 e. The predicted octanol–water partition coefficient (Wildman–Crippen LogP) is -0.231. The van der Waals surface area contributed by atoms with E-state index in [-0.39, 0.29) is 40.6 Å². The van der Waals surface area contributed by atoms with Crippen molar-refractivity contribution in [2.75, 3.05) is 0 Å². The van der Waals surface area contributed by atoms with Crippen molar-refractivity contribution in [3.05, 3.63) is 0 Å². The fourth-order valence-electron chi connectivity index (χ4n) is 0. The molecule has 2 N–H and O–H groups in total. The fraction of sp³-hybridized carbons (Fsp3) is 1.00. The van der Waals surface area contributed by atoms with E-state index in [2.05, 4.69) is 0 Å². The Balaban J connectivity index is -0.0000000417. The molecule has 0 bridgehead atoms. The summed E-state index contributed by atoms with van der Waals surface area (Å²) in [5.41, 5.74) is -1.12. The van der Waals surface area contributed by atoms with Crippen molar-refractivity contribution in [3.8, 4) is 0 Å². The SMILES string of the molecule is CC(O)C(O)Cl.[Ca+2].[H-].[H-]. The molecule has 0 aliphatic rings. The summed E-state index contributed by atoms with van der Waals surface area (Å²) in [6.45, 7) is 1.41. The summed E-state index contributed by atoms with van der Waals surface area (Å²) in [7, 11) is 0. The van der Waals surface area contributed by atoms with Gasteiger partial charge in [0.15, 0.2) is 5.56 Å². The van der Waals surface area contributed by atoms with E-state index in [0.29, 0.717) is 0 Å². The summed E-state index contributed by atoms with van der Waals surface area (Å²) in [6, 6.07) is 0. The van der Waals surface area contributed by atoms with Crippen LogP contribution in [0.1, 0.15) is 9.78 Å². The zero-order chi connectivity index (χ0) is 5.15. The third kappa shape index (κ3) is 7.47. The molecule has 0 aromatic heterocycles. The normalized spacial score (nSPS) is 17.1. The Morgan fingerprint density at radius 1 is 1.57 bits per heavy atom. The van der Waals surface area contributed by atoms with Gasteiger partial charge in [-0.05, 0) is 6.92 Å². The van der Waals surface area contributed by atoms with Crippen LogP contribution < -0.4 is 0 Å². The van der Waals surface area contributed by atoms with Crippen LogP contribution >= 0.6 is 11.6 Å². The van der Waals surface area contributed by atoms with E-state index >= 15 is 0 Å². The molecule has 0 fully saturated rings. The molecule has 2 unspecified atom stereocenters. The van der Waals surface area contributed by atoms with Gasteiger partial charge in [0.05, 0.1) is 6.10 Å². The van der Waals surface area contributed by atoms with Crippen LogP contribution in [-0.4, -0.2) is 59.6 Å². The van der Waals surface area contributed by atoms with Crippen LogP contribution in [0.4, 0.5) is 0 Å². The fourth-order valence-corrected chi connectivity index (χ4v) is 0. The molecular weight excluding hydrogens is 144 g/mol. The second-order valence-corrected chi connectivity index (χ2v) is 1.56.